The molecule has 2 saturated heterocycles. The number of ether oxygens (including phenoxy) is 4. The Morgan fingerprint density at radius 3 is 1.92 bits per heavy atom. The number of allylic oxidation sites excluding steroid dienone is 1. The van der Waals surface area contributed by atoms with Crippen LogP contribution in [0.1, 0.15) is 207 Å². The zero-order chi connectivity index (χ0) is 51.9. The third-order valence-corrected chi connectivity index (χ3v) is 15.3. The lowest BCUT2D eigenvalue weighted by Crippen LogP contribution is -2.36. The largest absolute Gasteiger partial charge is 0.481 e. The van der Waals surface area contributed by atoms with Crippen molar-refractivity contribution in [2.45, 2.75) is 243 Å². The maximum atomic E-state index is 12.9. The molecular formula is C50H89N3O16P2. The van der Waals surface area contributed by atoms with Crippen molar-refractivity contribution >= 4 is 33.4 Å². The Labute approximate surface area is 422 Å². The van der Waals surface area contributed by atoms with Crippen LogP contribution in [0.4, 0.5) is 5.82 Å². The highest BCUT2D eigenvalue weighted by Gasteiger charge is 2.46. The number of nitrogens with two attached hydrogens (primary N) is 1. The lowest BCUT2D eigenvalue weighted by Gasteiger charge is -2.21. The lowest BCUT2D eigenvalue weighted by atomic mass is 10.0. The van der Waals surface area contributed by atoms with E-state index in [2.05, 4.69) is 42.2 Å². The molecule has 0 bridgehead atoms. The molecule has 0 aliphatic carbocycles. The molecule has 6 N–H and O–H groups in total. The van der Waals surface area contributed by atoms with Crippen LogP contribution in [0.5, 0.6) is 0 Å². The molecule has 2 aliphatic rings. The first kappa shape index (κ1) is 62.8. The van der Waals surface area contributed by atoms with E-state index in [0.717, 1.165) is 81.1 Å². The second-order valence-electron chi connectivity index (χ2n) is 19.6. The van der Waals surface area contributed by atoms with Gasteiger partial charge < -0.3 is 44.7 Å². The first-order chi connectivity index (χ1) is 34.0. The number of rotatable bonds is 43. The van der Waals surface area contributed by atoms with Crippen molar-refractivity contribution in [3.63, 3.8) is 0 Å². The number of aliphatic hydroxyl groups is 2. The summed E-state index contributed by atoms with van der Waals surface area (Å²) in [6.45, 7) is 4.45. The summed E-state index contributed by atoms with van der Waals surface area (Å²) in [6.07, 6.45) is 27.3. The molecule has 0 aromatic carbocycles. The Bertz CT molecular complexity index is 1820. The number of anilines is 1. The van der Waals surface area contributed by atoms with Crippen LogP contribution < -0.4 is 11.4 Å². The molecule has 0 spiro atoms. The fourth-order valence-corrected chi connectivity index (χ4v) is 10.6. The Morgan fingerprint density at radius 1 is 0.732 bits per heavy atom. The third-order valence-electron chi connectivity index (χ3n) is 12.7. The molecule has 3 rings (SSSR count). The molecule has 21 heteroatoms. The number of phosphoric acid groups is 2. The second kappa shape index (κ2) is 35.6. The number of carbonyl (C=O) groups is 2. The van der Waals surface area contributed by atoms with Crippen LogP contribution >= 0.6 is 15.6 Å². The molecule has 0 saturated carbocycles. The number of carbonyl (C=O) groups excluding carboxylic acids is 2. The van der Waals surface area contributed by atoms with Crippen molar-refractivity contribution in [3.05, 3.63) is 34.9 Å². The van der Waals surface area contributed by atoms with E-state index in [4.69, 9.17) is 33.7 Å². The van der Waals surface area contributed by atoms with Crippen molar-refractivity contribution in [3.8, 4) is 0 Å². The highest BCUT2D eigenvalue weighted by Crippen LogP contribution is 2.60. The van der Waals surface area contributed by atoms with E-state index in [0.29, 0.717) is 25.0 Å². The van der Waals surface area contributed by atoms with Crippen molar-refractivity contribution in [2.24, 2.45) is 5.92 Å². The van der Waals surface area contributed by atoms with Crippen molar-refractivity contribution < 1.29 is 71.0 Å². The number of epoxide rings is 1. The normalized spacial score (nSPS) is 22.1. The van der Waals surface area contributed by atoms with Crippen LogP contribution in [0.3, 0.4) is 0 Å². The topological polar surface area (TPSA) is 278 Å². The van der Waals surface area contributed by atoms with Crippen LogP contribution in [0.25, 0.3) is 0 Å². The summed E-state index contributed by atoms with van der Waals surface area (Å²) in [5.74, 6) is -0.516. The molecule has 71 heavy (non-hydrogen) atoms. The molecule has 3 heterocycles. The number of aromatic nitrogens is 2. The molecule has 0 radical (unpaired) electrons. The molecule has 2 aliphatic heterocycles. The standard InChI is InChI=1S/C50H89N3O16P2/c1-4-5-6-7-20-25-30-41-42(67-41)31-26-21-18-23-27-32-45(54)63-36-40(66-46(55)33-28-22-17-15-13-11-9-8-10-12-14-16-19-24-29-39(2)3)37-64-70(59,60)69-71(61,62)65-38-43-47(56)48(57)49(68-43)53-35-34-44(51)52-50(53)58/h20,25,34-35,39-43,47-49,56-57H,4-19,21-24,26-33,36-38H2,1-3H3,(H,59,60)(H,61,62)(H2,51,52,58)/b25-20-/t40-,41?,42?,43-,47-,48-,49-/m1/s1. The summed E-state index contributed by atoms with van der Waals surface area (Å²) < 4.78 is 62.7. The summed E-state index contributed by atoms with van der Waals surface area (Å²) in [4.78, 5) is 62.0. The molecule has 4 unspecified atom stereocenters. The molecule has 0 amide bonds. The van der Waals surface area contributed by atoms with Crippen molar-refractivity contribution in [1.29, 1.82) is 0 Å². The van der Waals surface area contributed by atoms with Gasteiger partial charge in [0.1, 0.15) is 30.7 Å². The third kappa shape index (κ3) is 28.6. The number of hydrogen-bond acceptors (Lipinski definition) is 16. The summed E-state index contributed by atoms with van der Waals surface area (Å²) in [6, 6.07) is 1.25. The minimum absolute atomic E-state index is 0.0483. The summed E-state index contributed by atoms with van der Waals surface area (Å²) in [5.41, 5.74) is 4.59. The predicted molar refractivity (Wildman–Crippen MR) is 270 cm³/mol. The van der Waals surface area contributed by atoms with Crippen LogP contribution in [-0.4, -0.2) is 97.9 Å². The maximum Gasteiger partial charge on any atom is 0.481 e. The maximum absolute atomic E-state index is 12.9. The molecule has 9 atom stereocenters. The van der Waals surface area contributed by atoms with Gasteiger partial charge in [-0.25, -0.2) is 13.9 Å². The first-order valence-corrected chi connectivity index (χ1v) is 29.7. The van der Waals surface area contributed by atoms with Gasteiger partial charge in [-0.3, -0.25) is 23.2 Å². The van der Waals surface area contributed by atoms with Crippen LogP contribution in [0.15, 0.2) is 29.2 Å². The molecule has 1 aromatic heterocycles. The number of nitrogen functional groups attached to an aromatic ring is 1. The monoisotopic (exact) mass is 1050 g/mol. The van der Waals surface area contributed by atoms with Gasteiger partial charge in [0.05, 0.1) is 25.4 Å². The number of nitrogens with zero attached hydrogens (tertiary/aromatic N) is 2. The average molecular weight is 1050 g/mol. The van der Waals surface area contributed by atoms with Crippen molar-refractivity contribution in [2.75, 3.05) is 25.6 Å². The van der Waals surface area contributed by atoms with Gasteiger partial charge >= 0.3 is 33.3 Å². The van der Waals surface area contributed by atoms with E-state index in [1.807, 2.05) is 0 Å². The summed E-state index contributed by atoms with van der Waals surface area (Å²) >= 11 is 0. The van der Waals surface area contributed by atoms with E-state index >= 15 is 0 Å². The van der Waals surface area contributed by atoms with E-state index in [9.17, 15) is 43.5 Å². The van der Waals surface area contributed by atoms with Crippen molar-refractivity contribution in [1.82, 2.24) is 9.55 Å². The van der Waals surface area contributed by atoms with Crippen LogP contribution in [0.2, 0.25) is 0 Å². The Hall–Kier alpha value is -2.54. The minimum Gasteiger partial charge on any atom is -0.462 e. The fraction of sp³-hybridized carbons (Fsp3) is 0.840. The molecular weight excluding hydrogens is 961 g/mol. The van der Waals surface area contributed by atoms with E-state index in [1.54, 1.807) is 0 Å². The van der Waals surface area contributed by atoms with Gasteiger partial charge in [-0.15, -0.1) is 0 Å². The van der Waals surface area contributed by atoms with Gasteiger partial charge in [0.15, 0.2) is 12.3 Å². The van der Waals surface area contributed by atoms with Crippen LogP contribution in [0, 0.1) is 5.92 Å². The first-order valence-electron chi connectivity index (χ1n) is 26.7. The minimum atomic E-state index is -5.43. The zero-order valence-electron chi connectivity index (χ0n) is 42.9. The summed E-state index contributed by atoms with van der Waals surface area (Å²) in [7, 11) is -10.9. The number of unbranched alkanes of at least 4 members (excludes halogenated alkanes) is 20. The van der Waals surface area contributed by atoms with Gasteiger partial charge in [-0.2, -0.15) is 9.29 Å². The van der Waals surface area contributed by atoms with Gasteiger partial charge in [0.25, 0.3) is 0 Å². The second-order valence-corrected chi connectivity index (χ2v) is 22.6. The molecule has 410 valence electrons. The van der Waals surface area contributed by atoms with Gasteiger partial charge in [0, 0.05) is 19.0 Å². The predicted octanol–water partition coefficient (Wildman–Crippen LogP) is 10.1. The van der Waals surface area contributed by atoms with Crippen LogP contribution in [-0.2, 0) is 51.0 Å². The van der Waals surface area contributed by atoms with E-state index < -0.39 is 83.7 Å². The molecule has 2 fully saturated rings. The molecule has 1 aromatic rings. The highest BCUT2D eigenvalue weighted by molar-refractivity contribution is 7.61. The number of hydrogen-bond donors (Lipinski definition) is 5. The zero-order valence-corrected chi connectivity index (χ0v) is 44.7. The lowest BCUT2D eigenvalue weighted by molar-refractivity contribution is -0.161. The van der Waals surface area contributed by atoms with Gasteiger partial charge in [-0.05, 0) is 50.5 Å². The fourth-order valence-electron chi connectivity index (χ4n) is 8.45. The quantitative estimate of drug-likeness (QED) is 0.0134. The number of phosphoric ester groups is 2. The Morgan fingerprint density at radius 2 is 1.31 bits per heavy atom. The Balaban J connectivity index is 1.38. The van der Waals surface area contributed by atoms with Gasteiger partial charge in [-0.1, -0.05) is 161 Å². The van der Waals surface area contributed by atoms with E-state index in [1.165, 1.54) is 95.7 Å². The van der Waals surface area contributed by atoms with Gasteiger partial charge in [0.2, 0.25) is 0 Å². The number of aliphatic hydroxyl groups excluding tert-OH is 2. The van der Waals surface area contributed by atoms with E-state index in [-0.39, 0.29) is 18.7 Å². The summed E-state index contributed by atoms with van der Waals surface area (Å²) in [5, 5.41) is 20.9. The highest BCUT2D eigenvalue weighted by atomic mass is 31.3. The average Bonchev–Trinajstić information content (AvgIpc) is 4.00. The SMILES string of the molecule is CCCCC/C=C\CC1OC1CCCCCCCC(=O)OC[C@H](COP(=O)(O)OP(=O)(O)OC[C@H]1O[C@@H](n2ccc(N)nc2=O)[C@H](O)[C@@H]1O)OC(=O)CCCCCCCCCCCCCCCCC(C)C. The molecule has 19 nitrogen and oxygen atoms in total. The Kier molecular flexibility index (Phi) is 31.5. The smallest absolute Gasteiger partial charge is 0.462 e. The number of esters is 2.